The van der Waals surface area contributed by atoms with Gasteiger partial charge < -0.3 is 14.6 Å². The van der Waals surface area contributed by atoms with E-state index in [-0.39, 0.29) is 60.8 Å². The molecule has 0 bridgehead atoms. The zero-order valence-corrected chi connectivity index (χ0v) is 20.5. The number of ether oxygens (including phenoxy) is 1. The average molecular weight is 491 g/mol. The van der Waals surface area contributed by atoms with E-state index in [1.807, 2.05) is 0 Å². The Balaban J connectivity index is 0.00000450. The van der Waals surface area contributed by atoms with Gasteiger partial charge in [0.25, 0.3) is 0 Å². The van der Waals surface area contributed by atoms with Crippen molar-refractivity contribution in [3.05, 3.63) is 47.0 Å². The molecule has 158 valence electrons. The van der Waals surface area contributed by atoms with Crippen molar-refractivity contribution < 1.29 is 65.8 Å². The maximum Gasteiger partial charge on any atom is 1.00 e. The van der Waals surface area contributed by atoms with Gasteiger partial charge in [0.15, 0.2) is 9.84 Å². The normalized spacial score (nSPS) is 12.7. The second-order valence-corrected chi connectivity index (χ2v) is 9.61. The molecule has 0 fully saturated rings. The van der Waals surface area contributed by atoms with Crippen LogP contribution in [0.3, 0.4) is 0 Å². The number of carboxylic acids is 1. The van der Waals surface area contributed by atoms with Crippen LogP contribution in [0.4, 0.5) is 13.2 Å². The third kappa shape index (κ3) is 6.80. The fraction of sp³-hybridized carbons (Fsp3) is 0.278. The van der Waals surface area contributed by atoms with E-state index < -0.39 is 33.7 Å². The largest absolute Gasteiger partial charge is 1.00 e. The third-order valence-electron chi connectivity index (χ3n) is 3.77. The van der Waals surface area contributed by atoms with E-state index >= 15 is 0 Å². The zero-order chi connectivity index (χ0) is 22.0. The van der Waals surface area contributed by atoms with Gasteiger partial charge in [-0.2, -0.15) is 13.2 Å². The van der Waals surface area contributed by atoms with E-state index in [0.717, 1.165) is 30.0 Å². The molecule has 0 amide bonds. The van der Waals surface area contributed by atoms with Crippen LogP contribution in [0.15, 0.2) is 51.1 Å². The summed E-state index contributed by atoms with van der Waals surface area (Å²) in [5.74, 6) is -1.78. The summed E-state index contributed by atoms with van der Waals surface area (Å²) in [5.41, 5.74) is -0.963. The SMILES string of the molecule is CCS(=O)(=O)c1ccc(Sc2cc(C(F)(F)F)ccc2O[C@@H](C)C(=O)[O-])c(Cl)c1.[Na+]. The predicted molar refractivity (Wildman–Crippen MR) is 99.8 cm³/mol. The minimum atomic E-state index is -4.63. The summed E-state index contributed by atoms with van der Waals surface area (Å²) in [6.45, 7) is 2.65. The molecular weight excluding hydrogens is 476 g/mol. The Morgan fingerprint density at radius 2 is 1.83 bits per heavy atom. The summed E-state index contributed by atoms with van der Waals surface area (Å²) in [4.78, 5) is 11.1. The van der Waals surface area contributed by atoms with E-state index in [4.69, 9.17) is 16.3 Å². The van der Waals surface area contributed by atoms with Crippen LogP contribution in [-0.4, -0.2) is 26.2 Å². The Morgan fingerprint density at radius 1 is 1.20 bits per heavy atom. The fourth-order valence-corrected chi connectivity index (χ4v) is 4.34. The van der Waals surface area contributed by atoms with Crippen molar-refractivity contribution in [3.63, 3.8) is 0 Å². The maximum absolute atomic E-state index is 13.1. The molecule has 0 saturated carbocycles. The number of alkyl halides is 3. The van der Waals surface area contributed by atoms with Crippen LogP contribution in [0.25, 0.3) is 0 Å². The molecule has 2 aromatic rings. The second-order valence-electron chi connectivity index (χ2n) is 5.84. The molecule has 0 aromatic heterocycles. The van der Waals surface area contributed by atoms with Gasteiger partial charge >= 0.3 is 35.7 Å². The molecule has 0 radical (unpaired) electrons. The van der Waals surface area contributed by atoms with Crippen LogP contribution in [0, 0.1) is 0 Å². The molecule has 1 atom stereocenters. The summed E-state index contributed by atoms with van der Waals surface area (Å²) in [6, 6.07) is 6.44. The summed E-state index contributed by atoms with van der Waals surface area (Å²) < 4.78 is 68.3. The van der Waals surface area contributed by atoms with Crippen LogP contribution in [0.1, 0.15) is 19.4 Å². The van der Waals surface area contributed by atoms with Crippen LogP contribution in [0.2, 0.25) is 5.02 Å². The standard InChI is InChI=1S/C18H16ClF3O5S2.Na/c1-3-29(25,26)12-5-7-15(13(19)9-12)28-16-8-11(18(20,21)22)4-6-14(16)27-10(2)17(23)24;/h4-10H,3H2,1-2H3,(H,23,24);/q;+1/p-1/t10-;/m0./s1. The summed E-state index contributed by atoms with van der Waals surface area (Å²) >= 11 is 6.91. The molecule has 5 nitrogen and oxygen atoms in total. The number of carboxylic acid groups (broad SMARTS) is 1. The number of aliphatic carboxylic acids is 1. The summed E-state index contributed by atoms with van der Waals surface area (Å²) in [5, 5.41) is 10.9. The summed E-state index contributed by atoms with van der Waals surface area (Å²) in [6.07, 6.45) is -6.03. The minimum absolute atomic E-state index is 0. The first-order valence-corrected chi connectivity index (χ1v) is 11.0. The van der Waals surface area contributed by atoms with Crippen molar-refractivity contribution in [2.45, 2.75) is 40.8 Å². The maximum atomic E-state index is 13.1. The number of carbonyl (C=O) groups excluding carboxylic acids is 1. The number of rotatable bonds is 7. The van der Waals surface area contributed by atoms with E-state index in [9.17, 15) is 31.5 Å². The molecule has 0 N–H and O–H groups in total. The fourth-order valence-electron chi connectivity index (χ4n) is 2.14. The topological polar surface area (TPSA) is 83.5 Å². The van der Waals surface area contributed by atoms with Crippen molar-refractivity contribution in [2.75, 3.05) is 5.75 Å². The Morgan fingerprint density at radius 3 is 2.33 bits per heavy atom. The van der Waals surface area contributed by atoms with Gasteiger partial charge in [0.1, 0.15) is 11.9 Å². The van der Waals surface area contributed by atoms with Gasteiger partial charge in [0.2, 0.25) is 0 Å². The molecule has 0 spiro atoms. The quantitative estimate of drug-likeness (QED) is 0.535. The second kappa shape index (κ2) is 10.6. The average Bonchev–Trinajstić information content (AvgIpc) is 2.63. The minimum Gasteiger partial charge on any atom is -0.546 e. The zero-order valence-electron chi connectivity index (χ0n) is 16.1. The van der Waals surface area contributed by atoms with Crippen molar-refractivity contribution in [2.24, 2.45) is 0 Å². The summed E-state index contributed by atoms with van der Waals surface area (Å²) in [7, 11) is -3.51. The van der Waals surface area contributed by atoms with Gasteiger partial charge in [-0.05, 0) is 43.3 Å². The van der Waals surface area contributed by atoms with E-state index in [0.29, 0.717) is 0 Å². The number of sulfone groups is 1. The Hall–Kier alpha value is -0.910. The molecule has 0 aliphatic rings. The van der Waals surface area contributed by atoms with Gasteiger partial charge in [0.05, 0.1) is 32.1 Å². The molecule has 12 heteroatoms. The van der Waals surface area contributed by atoms with Gasteiger partial charge in [-0.15, -0.1) is 0 Å². The van der Waals surface area contributed by atoms with Crippen LogP contribution >= 0.6 is 23.4 Å². The molecule has 0 aliphatic heterocycles. The van der Waals surface area contributed by atoms with E-state index in [1.54, 1.807) is 0 Å². The number of hydrogen-bond donors (Lipinski definition) is 0. The van der Waals surface area contributed by atoms with E-state index in [1.165, 1.54) is 32.0 Å². The van der Waals surface area contributed by atoms with Crippen molar-refractivity contribution in [1.82, 2.24) is 0 Å². The van der Waals surface area contributed by atoms with Gasteiger partial charge in [-0.1, -0.05) is 30.3 Å². The van der Waals surface area contributed by atoms with Crippen LogP contribution < -0.4 is 39.4 Å². The molecule has 2 aromatic carbocycles. The van der Waals surface area contributed by atoms with E-state index in [2.05, 4.69) is 0 Å². The Labute approximate surface area is 203 Å². The van der Waals surface area contributed by atoms with Crippen LogP contribution in [0.5, 0.6) is 5.75 Å². The molecule has 2 rings (SSSR count). The first-order chi connectivity index (χ1) is 13.3. The van der Waals surface area contributed by atoms with Crippen molar-refractivity contribution in [3.8, 4) is 5.75 Å². The first kappa shape index (κ1) is 27.1. The molecular formula is C18H15ClF3NaO5S2. The van der Waals surface area contributed by atoms with Gasteiger partial charge in [0, 0.05) is 4.90 Å². The smallest absolute Gasteiger partial charge is 0.546 e. The first-order valence-electron chi connectivity index (χ1n) is 8.14. The predicted octanol–water partition coefficient (Wildman–Crippen LogP) is 0.825. The molecule has 0 aliphatic carbocycles. The molecule has 0 saturated heterocycles. The monoisotopic (exact) mass is 490 g/mol. The number of carbonyl (C=O) groups is 1. The van der Waals surface area contributed by atoms with Gasteiger partial charge in [-0.3, -0.25) is 0 Å². The Bertz CT molecular complexity index is 1030. The van der Waals surface area contributed by atoms with Crippen LogP contribution in [-0.2, 0) is 20.8 Å². The van der Waals surface area contributed by atoms with Gasteiger partial charge in [-0.25, -0.2) is 8.42 Å². The molecule has 0 heterocycles. The molecule has 30 heavy (non-hydrogen) atoms. The number of halogens is 4. The number of hydrogen-bond acceptors (Lipinski definition) is 6. The molecule has 0 unspecified atom stereocenters. The van der Waals surface area contributed by atoms with Crippen molar-refractivity contribution in [1.29, 1.82) is 0 Å². The Kier molecular flexibility index (Phi) is 9.59. The third-order valence-corrected chi connectivity index (χ3v) is 7.04. The number of benzene rings is 2. The van der Waals surface area contributed by atoms with Crippen molar-refractivity contribution >= 4 is 39.2 Å².